The maximum absolute atomic E-state index is 12.2. The van der Waals surface area contributed by atoms with Crippen LogP contribution in [0.3, 0.4) is 0 Å². The SMILES string of the molecule is Cc1nccc(C(=O)OCC(=O)c2ccc(C3CCCCC3)cc2)n1. The number of Topliss-reactive ketones (excluding diaryl/α,β-unsaturated/α-hetero) is 1. The molecule has 0 amide bonds. The number of aryl methyl sites for hydroxylation is 1. The first kappa shape index (κ1) is 17.3. The molecule has 2 aromatic rings. The standard InChI is InChI=1S/C20H22N2O3/c1-14-21-12-11-18(22-14)20(24)25-13-19(23)17-9-7-16(8-10-17)15-5-3-2-4-6-15/h7-12,15H,2-6,13H2,1H3. The minimum absolute atomic E-state index is 0.160. The second kappa shape index (κ2) is 8.01. The lowest BCUT2D eigenvalue weighted by Crippen LogP contribution is -2.15. The lowest BCUT2D eigenvalue weighted by atomic mass is 9.84. The maximum Gasteiger partial charge on any atom is 0.357 e. The molecule has 1 aliphatic carbocycles. The fraction of sp³-hybridized carbons (Fsp3) is 0.400. The van der Waals surface area contributed by atoms with Gasteiger partial charge in [0.1, 0.15) is 5.82 Å². The minimum atomic E-state index is -0.613. The van der Waals surface area contributed by atoms with Crippen molar-refractivity contribution in [2.24, 2.45) is 0 Å². The summed E-state index contributed by atoms with van der Waals surface area (Å²) in [6, 6.07) is 9.18. The minimum Gasteiger partial charge on any atom is -0.453 e. The van der Waals surface area contributed by atoms with Crippen molar-refractivity contribution in [3.63, 3.8) is 0 Å². The third kappa shape index (κ3) is 4.50. The molecule has 0 unspecified atom stereocenters. The van der Waals surface area contributed by atoms with E-state index in [4.69, 9.17) is 4.74 Å². The fourth-order valence-corrected chi connectivity index (χ4v) is 3.24. The van der Waals surface area contributed by atoms with Gasteiger partial charge >= 0.3 is 5.97 Å². The highest BCUT2D eigenvalue weighted by Gasteiger charge is 2.17. The van der Waals surface area contributed by atoms with E-state index >= 15 is 0 Å². The molecule has 1 aromatic carbocycles. The molecule has 0 bridgehead atoms. The summed E-state index contributed by atoms with van der Waals surface area (Å²) in [5, 5.41) is 0. The van der Waals surface area contributed by atoms with Crippen molar-refractivity contribution in [2.75, 3.05) is 6.61 Å². The summed E-state index contributed by atoms with van der Waals surface area (Å²) in [6.07, 6.45) is 7.83. The van der Waals surface area contributed by atoms with Crippen LogP contribution in [0.5, 0.6) is 0 Å². The van der Waals surface area contributed by atoms with Crippen molar-refractivity contribution in [2.45, 2.75) is 44.9 Å². The summed E-state index contributed by atoms with van der Waals surface area (Å²) < 4.78 is 5.07. The third-order valence-corrected chi connectivity index (χ3v) is 4.63. The molecule has 1 aliphatic rings. The quantitative estimate of drug-likeness (QED) is 0.611. The monoisotopic (exact) mass is 338 g/mol. The summed E-state index contributed by atoms with van der Waals surface area (Å²) in [5.74, 6) is 0.266. The second-order valence-corrected chi connectivity index (χ2v) is 6.45. The van der Waals surface area contributed by atoms with Crippen molar-refractivity contribution in [3.8, 4) is 0 Å². The molecule has 1 heterocycles. The molecule has 5 nitrogen and oxygen atoms in total. The number of hydrogen-bond acceptors (Lipinski definition) is 5. The molecule has 3 rings (SSSR count). The number of esters is 1. The summed E-state index contributed by atoms with van der Waals surface area (Å²) >= 11 is 0. The Labute approximate surface area is 147 Å². The van der Waals surface area contributed by atoms with Gasteiger partial charge in [-0.25, -0.2) is 14.8 Å². The summed E-state index contributed by atoms with van der Waals surface area (Å²) in [4.78, 5) is 32.1. The average molecular weight is 338 g/mol. The van der Waals surface area contributed by atoms with E-state index in [1.807, 2.05) is 24.3 Å². The Morgan fingerprint density at radius 1 is 1.08 bits per heavy atom. The average Bonchev–Trinajstić information content (AvgIpc) is 2.66. The highest BCUT2D eigenvalue weighted by atomic mass is 16.5. The number of carbonyl (C=O) groups is 2. The van der Waals surface area contributed by atoms with Crippen molar-refractivity contribution in [1.82, 2.24) is 9.97 Å². The molecular weight excluding hydrogens is 316 g/mol. The van der Waals surface area contributed by atoms with Crippen molar-refractivity contribution in [3.05, 3.63) is 59.2 Å². The number of rotatable bonds is 5. The van der Waals surface area contributed by atoms with Crippen molar-refractivity contribution >= 4 is 11.8 Å². The van der Waals surface area contributed by atoms with E-state index in [0.717, 1.165) is 0 Å². The summed E-state index contributed by atoms with van der Waals surface area (Å²) in [6.45, 7) is 1.40. The lowest BCUT2D eigenvalue weighted by molar-refractivity contribution is 0.0468. The Hall–Kier alpha value is -2.56. The molecule has 0 atom stereocenters. The first-order chi connectivity index (χ1) is 12.1. The maximum atomic E-state index is 12.2. The van der Waals surface area contributed by atoms with Crippen LogP contribution in [-0.4, -0.2) is 28.3 Å². The fourth-order valence-electron chi connectivity index (χ4n) is 3.24. The van der Waals surface area contributed by atoms with Gasteiger partial charge in [-0.05, 0) is 37.3 Å². The first-order valence-corrected chi connectivity index (χ1v) is 8.73. The molecule has 5 heteroatoms. The number of hydrogen-bond donors (Lipinski definition) is 0. The van der Waals surface area contributed by atoms with E-state index in [9.17, 15) is 9.59 Å². The number of carbonyl (C=O) groups excluding carboxylic acids is 2. The highest BCUT2D eigenvalue weighted by Crippen LogP contribution is 2.32. The highest BCUT2D eigenvalue weighted by molar-refractivity contribution is 5.99. The van der Waals surface area contributed by atoms with E-state index in [-0.39, 0.29) is 18.1 Å². The molecule has 0 aliphatic heterocycles. The van der Waals surface area contributed by atoms with Crippen LogP contribution in [0.15, 0.2) is 36.5 Å². The van der Waals surface area contributed by atoms with Crippen LogP contribution in [0.2, 0.25) is 0 Å². The van der Waals surface area contributed by atoms with Gasteiger partial charge in [0, 0.05) is 11.8 Å². The first-order valence-electron chi connectivity index (χ1n) is 8.73. The predicted octanol–water partition coefficient (Wildman–Crippen LogP) is 3.87. The van der Waals surface area contributed by atoms with Gasteiger partial charge in [0.05, 0.1) is 0 Å². The van der Waals surface area contributed by atoms with Crippen molar-refractivity contribution < 1.29 is 14.3 Å². The molecule has 1 saturated carbocycles. The normalized spacial score (nSPS) is 14.9. The Morgan fingerprint density at radius 3 is 2.48 bits per heavy atom. The van der Waals surface area contributed by atoms with Gasteiger partial charge in [0.15, 0.2) is 18.1 Å². The zero-order valence-electron chi connectivity index (χ0n) is 14.4. The van der Waals surface area contributed by atoms with Crippen LogP contribution in [0.1, 0.15) is 70.3 Å². The van der Waals surface area contributed by atoms with E-state index < -0.39 is 5.97 Å². The zero-order valence-corrected chi connectivity index (χ0v) is 14.4. The third-order valence-electron chi connectivity index (χ3n) is 4.63. The van der Waals surface area contributed by atoms with Crippen LogP contribution < -0.4 is 0 Å². The topological polar surface area (TPSA) is 69.2 Å². The van der Waals surface area contributed by atoms with Gasteiger partial charge < -0.3 is 4.74 Å². The van der Waals surface area contributed by atoms with Gasteiger partial charge in [0.25, 0.3) is 0 Å². The van der Waals surface area contributed by atoms with Gasteiger partial charge in [-0.2, -0.15) is 0 Å². The number of aromatic nitrogens is 2. The zero-order chi connectivity index (χ0) is 17.6. The van der Waals surface area contributed by atoms with E-state index in [2.05, 4.69) is 9.97 Å². The predicted molar refractivity (Wildman–Crippen MR) is 93.7 cm³/mol. The van der Waals surface area contributed by atoms with Gasteiger partial charge in [-0.3, -0.25) is 4.79 Å². The largest absolute Gasteiger partial charge is 0.453 e. The Morgan fingerprint density at radius 2 is 1.80 bits per heavy atom. The molecule has 0 spiro atoms. The molecule has 130 valence electrons. The van der Waals surface area contributed by atoms with Gasteiger partial charge in [0.2, 0.25) is 0 Å². The second-order valence-electron chi connectivity index (χ2n) is 6.45. The summed E-state index contributed by atoms with van der Waals surface area (Å²) in [5.41, 5.74) is 2.02. The Bertz CT molecular complexity index is 750. The van der Waals surface area contributed by atoms with Gasteiger partial charge in [-0.1, -0.05) is 43.5 Å². The van der Waals surface area contributed by atoms with E-state index in [1.54, 1.807) is 6.92 Å². The van der Waals surface area contributed by atoms with Gasteiger partial charge in [-0.15, -0.1) is 0 Å². The van der Waals surface area contributed by atoms with Crippen LogP contribution in [-0.2, 0) is 4.74 Å². The number of ether oxygens (including phenoxy) is 1. The molecule has 1 aromatic heterocycles. The number of benzene rings is 1. The molecule has 1 fully saturated rings. The van der Waals surface area contributed by atoms with E-state index in [0.29, 0.717) is 17.3 Å². The van der Waals surface area contributed by atoms with Crippen LogP contribution in [0.25, 0.3) is 0 Å². The molecule has 0 radical (unpaired) electrons. The van der Waals surface area contributed by atoms with Crippen LogP contribution >= 0.6 is 0 Å². The summed E-state index contributed by atoms with van der Waals surface area (Å²) in [7, 11) is 0. The Kier molecular flexibility index (Phi) is 5.53. The van der Waals surface area contributed by atoms with Crippen molar-refractivity contribution in [1.29, 1.82) is 0 Å². The van der Waals surface area contributed by atoms with Crippen LogP contribution in [0, 0.1) is 6.92 Å². The lowest BCUT2D eigenvalue weighted by Gasteiger charge is -2.22. The number of nitrogens with zero attached hydrogens (tertiary/aromatic N) is 2. The molecule has 25 heavy (non-hydrogen) atoms. The smallest absolute Gasteiger partial charge is 0.357 e. The van der Waals surface area contributed by atoms with E-state index in [1.165, 1.54) is 49.9 Å². The molecular formula is C20H22N2O3. The molecule has 0 saturated heterocycles. The Balaban J connectivity index is 1.56. The molecule has 0 N–H and O–H groups in total. The van der Waals surface area contributed by atoms with Crippen LogP contribution in [0.4, 0.5) is 0 Å². The number of ketones is 1.